The number of rotatable bonds is 8. The molecule has 0 saturated carbocycles. The molecule has 5 nitrogen and oxygen atoms in total. The van der Waals surface area contributed by atoms with Crippen molar-refractivity contribution in [3.05, 3.63) is 23.3 Å². The smallest absolute Gasteiger partial charge is 0.244 e. The fourth-order valence-electron chi connectivity index (χ4n) is 2.71. The number of aryl methyl sites for hydroxylation is 2. The van der Waals surface area contributed by atoms with Crippen molar-refractivity contribution in [3.63, 3.8) is 0 Å². The summed E-state index contributed by atoms with van der Waals surface area (Å²) in [6, 6.07) is 3.65. The van der Waals surface area contributed by atoms with Gasteiger partial charge in [-0.15, -0.1) is 0 Å². The summed E-state index contributed by atoms with van der Waals surface area (Å²) in [6.45, 7) is 3.48. The van der Waals surface area contributed by atoms with Gasteiger partial charge in [0.25, 0.3) is 0 Å². The fourth-order valence-corrected chi connectivity index (χ4v) is 3.99. The summed E-state index contributed by atoms with van der Waals surface area (Å²) in [5, 5.41) is 0. The maximum atomic E-state index is 12.5. The van der Waals surface area contributed by atoms with Crippen molar-refractivity contribution in [2.45, 2.75) is 43.9 Å². The quantitative estimate of drug-likeness (QED) is 0.744. The van der Waals surface area contributed by atoms with Gasteiger partial charge in [-0.2, -0.15) is 0 Å². The van der Waals surface area contributed by atoms with E-state index in [2.05, 4.69) is 4.72 Å². The molecule has 0 fully saturated rings. The maximum absolute atomic E-state index is 12.5. The summed E-state index contributed by atoms with van der Waals surface area (Å²) in [5.41, 5.74) is 2.33. The minimum atomic E-state index is -3.55. The first-order valence-electron chi connectivity index (χ1n) is 7.85. The van der Waals surface area contributed by atoms with E-state index in [9.17, 15) is 8.42 Å². The second-order valence-electron chi connectivity index (χ2n) is 5.43. The van der Waals surface area contributed by atoms with Gasteiger partial charge >= 0.3 is 0 Å². The molecule has 0 bridgehead atoms. The molecular weight excluding hydrogens is 302 g/mol. The molecule has 0 atom stereocenters. The second-order valence-corrected chi connectivity index (χ2v) is 7.16. The van der Waals surface area contributed by atoms with Gasteiger partial charge in [0, 0.05) is 19.8 Å². The van der Waals surface area contributed by atoms with Crippen molar-refractivity contribution in [2.24, 2.45) is 0 Å². The van der Waals surface area contributed by atoms with Crippen LogP contribution < -0.4 is 9.46 Å². The molecule has 0 amide bonds. The normalized spacial score (nSPS) is 14.6. The Labute approximate surface area is 133 Å². The number of methoxy groups -OCH3 is 1. The Morgan fingerprint density at radius 3 is 2.50 bits per heavy atom. The van der Waals surface area contributed by atoms with Crippen molar-refractivity contribution in [2.75, 3.05) is 26.9 Å². The molecule has 1 aliphatic carbocycles. The lowest BCUT2D eigenvalue weighted by atomic mass is 9.92. The molecule has 1 aromatic rings. The van der Waals surface area contributed by atoms with Crippen LogP contribution in [0.15, 0.2) is 17.0 Å². The van der Waals surface area contributed by atoms with E-state index in [1.807, 2.05) is 13.0 Å². The van der Waals surface area contributed by atoms with Crippen LogP contribution in [-0.2, 0) is 27.6 Å². The van der Waals surface area contributed by atoms with Crippen molar-refractivity contribution >= 4 is 10.0 Å². The molecule has 22 heavy (non-hydrogen) atoms. The molecule has 0 spiro atoms. The highest BCUT2D eigenvalue weighted by Crippen LogP contribution is 2.31. The highest BCUT2D eigenvalue weighted by Gasteiger charge is 2.22. The van der Waals surface area contributed by atoms with Crippen LogP contribution in [0.3, 0.4) is 0 Å². The van der Waals surface area contributed by atoms with Crippen LogP contribution in [0, 0.1) is 0 Å². The van der Waals surface area contributed by atoms with Gasteiger partial charge in [0.05, 0.1) is 7.11 Å². The molecule has 0 radical (unpaired) electrons. The maximum Gasteiger partial charge on any atom is 0.244 e. The highest BCUT2D eigenvalue weighted by atomic mass is 32.2. The Hall–Kier alpha value is -1.11. The van der Waals surface area contributed by atoms with Crippen LogP contribution >= 0.6 is 0 Å². The first kappa shape index (κ1) is 17.2. The Morgan fingerprint density at radius 2 is 1.86 bits per heavy atom. The standard InChI is InChI=1S/C16H25NO4S/c1-3-21-10-6-9-17-22(18,19)16-12-14-8-5-4-7-13(14)11-15(16)20-2/h11-12,17H,3-10H2,1-2H3. The first-order chi connectivity index (χ1) is 10.6. The fraction of sp³-hybridized carbons (Fsp3) is 0.625. The molecule has 0 unspecified atom stereocenters. The molecule has 0 saturated heterocycles. The second kappa shape index (κ2) is 7.94. The summed E-state index contributed by atoms with van der Waals surface area (Å²) in [7, 11) is -2.04. The Bertz CT molecular complexity index is 598. The van der Waals surface area contributed by atoms with E-state index in [1.54, 1.807) is 6.07 Å². The summed E-state index contributed by atoms with van der Waals surface area (Å²) in [5.74, 6) is 0.429. The number of benzene rings is 1. The van der Waals surface area contributed by atoms with E-state index in [1.165, 1.54) is 12.7 Å². The van der Waals surface area contributed by atoms with E-state index in [0.717, 1.165) is 31.2 Å². The van der Waals surface area contributed by atoms with Crippen LogP contribution in [0.5, 0.6) is 5.75 Å². The average Bonchev–Trinajstić information content (AvgIpc) is 2.53. The number of ether oxygens (including phenoxy) is 2. The molecular formula is C16H25NO4S. The molecule has 0 aliphatic heterocycles. The van der Waals surface area contributed by atoms with Gasteiger partial charge in [-0.05, 0) is 62.3 Å². The van der Waals surface area contributed by atoms with Gasteiger partial charge in [0.1, 0.15) is 10.6 Å². The zero-order chi connectivity index (χ0) is 16.0. The van der Waals surface area contributed by atoms with Crippen molar-refractivity contribution in [1.29, 1.82) is 0 Å². The minimum absolute atomic E-state index is 0.243. The first-order valence-corrected chi connectivity index (χ1v) is 9.34. The number of nitrogens with one attached hydrogen (secondary N) is 1. The van der Waals surface area contributed by atoms with Gasteiger partial charge < -0.3 is 9.47 Å². The topological polar surface area (TPSA) is 64.6 Å². The molecule has 0 heterocycles. The lowest BCUT2D eigenvalue weighted by Crippen LogP contribution is -2.26. The predicted octanol–water partition coefficient (Wildman–Crippen LogP) is 2.28. The van der Waals surface area contributed by atoms with E-state index < -0.39 is 10.0 Å². The lowest BCUT2D eigenvalue weighted by Gasteiger charge is -2.19. The number of hydrogen-bond acceptors (Lipinski definition) is 4. The third-order valence-electron chi connectivity index (χ3n) is 3.88. The van der Waals surface area contributed by atoms with Crippen molar-refractivity contribution < 1.29 is 17.9 Å². The van der Waals surface area contributed by atoms with Gasteiger partial charge in [-0.25, -0.2) is 13.1 Å². The summed E-state index contributed by atoms with van der Waals surface area (Å²) < 4.78 is 38.1. The monoisotopic (exact) mass is 327 g/mol. The molecule has 1 aliphatic rings. The van der Waals surface area contributed by atoms with E-state index in [-0.39, 0.29) is 4.90 Å². The largest absolute Gasteiger partial charge is 0.495 e. The molecule has 124 valence electrons. The third kappa shape index (κ3) is 4.21. The van der Waals surface area contributed by atoms with Gasteiger partial charge in [0.2, 0.25) is 10.0 Å². The number of sulfonamides is 1. The van der Waals surface area contributed by atoms with Crippen LogP contribution in [-0.4, -0.2) is 35.3 Å². The highest BCUT2D eigenvalue weighted by molar-refractivity contribution is 7.89. The van der Waals surface area contributed by atoms with Gasteiger partial charge in [-0.3, -0.25) is 0 Å². The van der Waals surface area contributed by atoms with Crippen molar-refractivity contribution in [1.82, 2.24) is 4.72 Å². The average molecular weight is 327 g/mol. The van der Waals surface area contributed by atoms with Crippen LogP contribution in [0.1, 0.15) is 37.3 Å². The lowest BCUT2D eigenvalue weighted by molar-refractivity contribution is 0.146. The summed E-state index contributed by atoms with van der Waals surface area (Å²) in [6.07, 6.45) is 4.85. The Morgan fingerprint density at radius 1 is 1.18 bits per heavy atom. The Balaban J connectivity index is 2.15. The molecule has 6 heteroatoms. The van der Waals surface area contributed by atoms with Crippen LogP contribution in [0.25, 0.3) is 0 Å². The molecule has 0 aromatic heterocycles. The molecule has 1 N–H and O–H groups in total. The van der Waals surface area contributed by atoms with E-state index in [4.69, 9.17) is 9.47 Å². The van der Waals surface area contributed by atoms with Gasteiger partial charge in [0.15, 0.2) is 0 Å². The zero-order valence-corrected chi connectivity index (χ0v) is 14.2. The molecule has 2 rings (SSSR count). The predicted molar refractivity (Wildman–Crippen MR) is 85.9 cm³/mol. The van der Waals surface area contributed by atoms with E-state index in [0.29, 0.717) is 31.9 Å². The summed E-state index contributed by atoms with van der Waals surface area (Å²) in [4.78, 5) is 0.243. The third-order valence-corrected chi connectivity index (χ3v) is 5.36. The number of fused-ring (bicyclic) bond motifs is 1. The summed E-state index contributed by atoms with van der Waals surface area (Å²) >= 11 is 0. The van der Waals surface area contributed by atoms with Crippen LogP contribution in [0.2, 0.25) is 0 Å². The minimum Gasteiger partial charge on any atom is -0.495 e. The molecule has 1 aromatic carbocycles. The SMILES string of the molecule is CCOCCCNS(=O)(=O)c1cc2c(cc1OC)CCCC2. The van der Waals surface area contributed by atoms with E-state index >= 15 is 0 Å². The van der Waals surface area contributed by atoms with Gasteiger partial charge in [-0.1, -0.05) is 0 Å². The number of hydrogen-bond donors (Lipinski definition) is 1. The van der Waals surface area contributed by atoms with Crippen LogP contribution in [0.4, 0.5) is 0 Å². The zero-order valence-electron chi connectivity index (χ0n) is 13.4. The van der Waals surface area contributed by atoms with Crippen molar-refractivity contribution in [3.8, 4) is 5.75 Å². The Kier molecular flexibility index (Phi) is 6.23.